The lowest BCUT2D eigenvalue weighted by Gasteiger charge is -2.33. The molecular formula is C20H28N4O3. The number of carbonyl (C=O) groups is 2. The summed E-state index contributed by atoms with van der Waals surface area (Å²) in [5, 5.41) is 6.15. The Morgan fingerprint density at radius 3 is 2.37 bits per heavy atom. The van der Waals surface area contributed by atoms with Crippen LogP contribution in [0.4, 0.5) is 16.2 Å². The van der Waals surface area contributed by atoms with Gasteiger partial charge in [-0.3, -0.25) is 4.79 Å². The van der Waals surface area contributed by atoms with Crippen molar-refractivity contribution in [3.05, 3.63) is 24.3 Å². The summed E-state index contributed by atoms with van der Waals surface area (Å²) < 4.78 is 5.43. The molecule has 2 N–H and O–H groups in total. The van der Waals surface area contributed by atoms with Crippen molar-refractivity contribution in [3.63, 3.8) is 0 Å². The summed E-state index contributed by atoms with van der Waals surface area (Å²) in [6.45, 7) is 4.37. The Labute approximate surface area is 160 Å². The summed E-state index contributed by atoms with van der Waals surface area (Å²) in [6.07, 6.45) is 3.60. The van der Waals surface area contributed by atoms with Gasteiger partial charge in [0, 0.05) is 38.1 Å². The molecule has 146 valence electrons. The molecule has 1 saturated carbocycles. The van der Waals surface area contributed by atoms with Gasteiger partial charge in [0.25, 0.3) is 0 Å². The van der Waals surface area contributed by atoms with Gasteiger partial charge in [-0.05, 0) is 37.8 Å². The normalized spacial score (nSPS) is 21.0. The van der Waals surface area contributed by atoms with Gasteiger partial charge in [0.1, 0.15) is 0 Å². The SMILES string of the molecule is O=C(Nc1ccccc1N1CCOCC1)C1CCN(C(=O)NC2CC2)CC1. The Morgan fingerprint density at radius 2 is 1.67 bits per heavy atom. The Kier molecular flexibility index (Phi) is 5.48. The number of morpholine rings is 1. The molecule has 3 fully saturated rings. The van der Waals surface area contributed by atoms with E-state index in [-0.39, 0.29) is 17.9 Å². The van der Waals surface area contributed by atoms with Crippen molar-refractivity contribution in [1.82, 2.24) is 10.2 Å². The van der Waals surface area contributed by atoms with E-state index in [1.54, 1.807) is 0 Å². The molecule has 0 atom stereocenters. The lowest BCUT2D eigenvalue weighted by Crippen LogP contribution is -2.46. The summed E-state index contributed by atoms with van der Waals surface area (Å²) in [4.78, 5) is 29.0. The smallest absolute Gasteiger partial charge is 0.317 e. The van der Waals surface area contributed by atoms with E-state index in [4.69, 9.17) is 4.74 Å². The van der Waals surface area contributed by atoms with Crippen LogP contribution in [-0.4, -0.2) is 62.3 Å². The second-order valence-electron chi connectivity index (χ2n) is 7.59. The van der Waals surface area contributed by atoms with Crippen LogP contribution in [0.2, 0.25) is 0 Å². The molecule has 3 amide bonds. The van der Waals surface area contributed by atoms with E-state index in [0.29, 0.717) is 45.2 Å². The third kappa shape index (κ3) is 4.53. The molecule has 3 aliphatic rings. The number of carbonyl (C=O) groups excluding carboxylic acids is 2. The molecule has 2 saturated heterocycles. The molecule has 1 aromatic rings. The van der Waals surface area contributed by atoms with Crippen molar-refractivity contribution in [2.24, 2.45) is 5.92 Å². The maximum atomic E-state index is 12.8. The van der Waals surface area contributed by atoms with Crippen LogP contribution < -0.4 is 15.5 Å². The first kappa shape index (κ1) is 18.1. The molecule has 0 radical (unpaired) electrons. The first-order valence-corrected chi connectivity index (χ1v) is 9.99. The number of anilines is 2. The van der Waals surface area contributed by atoms with E-state index in [1.165, 1.54) is 0 Å². The van der Waals surface area contributed by atoms with E-state index in [9.17, 15) is 9.59 Å². The van der Waals surface area contributed by atoms with Gasteiger partial charge in [0.15, 0.2) is 0 Å². The minimum atomic E-state index is -0.0484. The maximum absolute atomic E-state index is 12.8. The van der Waals surface area contributed by atoms with Gasteiger partial charge in [-0.15, -0.1) is 0 Å². The topological polar surface area (TPSA) is 73.9 Å². The number of para-hydroxylation sites is 2. The second kappa shape index (κ2) is 8.17. The highest BCUT2D eigenvalue weighted by Gasteiger charge is 2.30. The van der Waals surface area contributed by atoms with Crippen LogP contribution in [-0.2, 0) is 9.53 Å². The first-order chi connectivity index (χ1) is 13.2. The molecule has 2 heterocycles. The molecule has 0 unspecified atom stereocenters. The largest absolute Gasteiger partial charge is 0.378 e. The number of hydrogen-bond donors (Lipinski definition) is 2. The van der Waals surface area contributed by atoms with Crippen molar-refractivity contribution in [2.75, 3.05) is 49.6 Å². The zero-order valence-corrected chi connectivity index (χ0v) is 15.7. The van der Waals surface area contributed by atoms with Crippen molar-refractivity contribution in [2.45, 2.75) is 31.7 Å². The van der Waals surface area contributed by atoms with Crippen LogP contribution in [0.3, 0.4) is 0 Å². The maximum Gasteiger partial charge on any atom is 0.317 e. The van der Waals surface area contributed by atoms with Crippen molar-refractivity contribution >= 4 is 23.3 Å². The fourth-order valence-electron chi connectivity index (χ4n) is 3.73. The molecule has 1 aromatic carbocycles. The highest BCUT2D eigenvalue weighted by molar-refractivity contribution is 5.96. The lowest BCUT2D eigenvalue weighted by molar-refractivity contribution is -0.121. The third-order valence-corrected chi connectivity index (χ3v) is 5.57. The Hall–Kier alpha value is -2.28. The minimum Gasteiger partial charge on any atom is -0.378 e. The summed E-state index contributed by atoms with van der Waals surface area (Å²) in [5.74, 6) is 0.00526. The number of benzene rings is 1. The van der Waals surface area contributed by atoms with E-state index in [1.807, 2.05) is 29.2 Å². The fraction of sp³-hybridized carbons (Fsp3) is 0.600. The predicted octanol–water partition coefficient (Wildman–Crippen LogP) is 2.05. The van der Waals surface area contributed by atoms with Crippen LogP contribution in [0.25, 0.3) is 0 Å². The molecule has 7 nitrogen and oxygen atoms in total. The summed E-state index contributed by atoms with van der Waals surface area (Å²) in [5.41, 5.74) is 1.91. The Balaban J connectivity index is 1.32. The van der Waals surface area contributed by atoms with Gasteiger partial charge in [0.2, 0.25) is 5.91 Å². The molecule has 0 spiro atoms. The number of urea groups is 1. The summed E-state index contributed by atoms with van der Waals surface area (Å²) in [6, 6.07) is 8.35. The number of nitrogens with one attached hydrogen (secondary N) is 2. The lowest BCUT2D eigenvalue weighted by atomic mass is 9.96. The average molecular weight is 372 g/mol. The van der Waals surface area contributed by atoms with Gasteiger partial charge < -0.3 is 25.2 Å². The van der Waals surface area contributed by atoms with Crippen molar-refractivity contribution in [3.8, 4) is 0 Å². The number of nitrogens with zero attached hydrogens (tertiary/aromatic N) is 2. The number of piperidine rings is 1. The molecule has 0 bridgehead atoms. The van der Waals surface area contributed by atoms with E-state index >= 15 is 0 Å². The third-order valence-electron chi connectivity index (χ3n) is 5.57. The van der Waals surface area contributed by atoms with Crippen molar-refractivity contribution in [1.29, 1.82) is 0 Å². The molecular weight excluding hydrogens is 344 g/mol. The highest BCUT2D eigenvalue weighted by Crippen LogP contribution is 2.28. The minimum absolute atomic E-state index is 0.0222. The zero-order valence-electron chi connectivity index (χ0n) is 15.7. The van der Waals surface area contributed by atoms with Gasteiger partial charge >= 0.3 is 6.03 Å². The second-order valence-corrected chi connectivity index (χ2v) is 7.59. The number of hydrogen-bond acceptors (Lipinski definition) is 4. The number of ether oxygens (including phenoxy) is 1. The predicted molar refractivity (Wildman–Crippen MR) is 104 cm³/mol. The summed E-state index contributed by atoms with van der Waals surface area (Å²) >= 11 is 0. The van der Waals surface area contributed by atoms with Crippen LogP contribution in [0, 0.1) is 5.92 Å². The van der Waals surface area contributed by atoms with Gasteiger partial charge in [-0.25, -0.2) is 4.79 Å². The molecule has 7 heteroatoms. The van der Waals surface area contributed by atoms with Crippen LogP contribution in [0.5, 0.6) is 0 Å². The standard InChI is InChI=1S/C20H28N4O3/c25-19(15-7-9-24(10-8-15)20(26)21-16-5-6-16)22-17-3-1-2-4-18(17)23-11-13-27-14-12-23/h1-4,15-16H,5-14H2,(H,21,26)(H,22,25). The Morgan fingerprint density at radius 1 is 0.963 bits per heavy atom. The molecule has 2 aliphatic heterocycles. The molecule has 4 rings (SSSR count). The molecule has 0 aromatic heterocycles. The van der Waals surface area contributed by atoms with Crippen LogP contribution in [0.15, 0.2) is 24.3 Å². The van der Waals surface area contributed by atoms with E-state index in [0.717, 1.165) is 37.3 Å². The van der Waals surface area contributed by atoms with Gasteiger partial charge in [-0.2, -0.15) is 0 Å². The first-order valence-electron chi connectivity index (χ1n) is 9.99. The Bertz CT molecular complexity index is 678. The van der Waals surface area contributed by atoms with E-state index in [2.05, 4.69) is 15.5 Å². The number of amides is 3. The highest BCUT2D eigenvalue weighted by atomic mass is 16.5. The van der Waals surface area contributed by atoms with Crippen LogP contribution >= 0.6 is 0 Å². The average Bonchev–Trinajstić information content (AvgIpc) is 3.53. The number of likely N-dealkylation sites (tertiary alicyclic amines) is 1. The van der Waals surface area contributed by atoms with Gasteiger partial charge in [0.05, 0.1) is 24.6 Å². The number of rotatable bonds is 4. The molecule has 1 aliphatic carbocycles. The van der Waals surface area contributed by atoms with Crippen molar-refractivity contribution < 1.29 is 14.3 Å². The summed E-state index contributed by atoms with van der Waals surface area (Å²) in [7, 11) is 0. The van der Waals surface area contributed by atoms with Crippen LogP contribution in [0.1, 0.15) is 25.7 Å². The fourth-order valence-corrected chi connectivity index (χ4v) is 3.73. The zero-order chi connectivity index (χ0) is 18.6. The van der Waals surface area contributed by atoms with E-state index < -0.39 is 0 Å². The monoisotopic (exact) mass is 372 g/mol. The quantitative estimate of drug-likeness (QED) is 0.848. The molecule has 27 heavy (non-hydrogen) atoms. The van der Waals surface area contributed by atoms with Gasteiger partial charge in [-0.1, -0.05) is 12.1 Å².